The second kappa shape index (κ2) is 9.59. The minimum Gasteiger partial charge on any atom is -1.00 e. The van der Waals surface area contributed by atoms with Gasteiger partial charge in [-0.2, -0.15) is 0 Å². The number of quaternary nitrogens is 1. The average molecular weight is 433 g/mol. The van der Waals surface area contributed by atoms with Crippen molar-refractivity contribution in [3.05, 3.63) is 35.4 Å². The lowest BCUT2D eigenvalue weighted by Crippen LogP contribution is -3.00. The molecule has 0 unspecified atom stereocenters. The van der Waals surface area contributed by atoms with Gasteiger partial charge in [-0.15, -0.1) is 0 Å². The van der Waals surface area contributed by atoms with Crippen LogP contribution in [0.5, 0.6) is 0 Å². The minimum atomic E-state index is -0.216. The van der Waals surface area contributed by atoms with Crippen molar-refractivity contribution in [2.24, 2.45) is 11.1 Å². The molecule has 0 atom stereocenters. The van der Waals surface area contributed by atoms with Gasteiger partial charge in [-0.3, -0.25) is 10.1 Å². The highest BCUT2D eigenvalue weighted by atomic mass is 127. The highest BCUT2D eigenvalue weighted by Gasteiger charge is 2.19. The van der Waals surface area contributed by atoms with E-state index in [0.29, 0.717) is 6.42 Å². The van der Waals surface area contributed by atoms with Gasteiger partial charge in [-0.1, -0.05) is 38.1 Å². The second-order valence-electron chi connectivity index (χ2n) is 8.00. The molecule has 4 nitrogen and oxygen atoms in total. The summed E-state index contributed by atoms with van der Waals surface area (Å²) in [5.74, 6) is -0.216. The summed E-state index contributed by atoms with van der Waals surface area (Å²) in [7, 11) is 6.51. The molecule has 0 aliphatic heterocycles. The number of nitrogens with two attached hydrogens (primary N) is 1. The second-order valence-corrected chi connectivity index (χ2v) is 8.00. The first-order valence-electron chi connectivity index (χ1n) is 7.95. The molecule has 0 saturated heterocycles. The standard InChI is InChI=1S/C18H31N3O.HI/c1-18(2,11-10-17(19)22)12-15-6-8-16(9-7-15)13-20-14-21(3,4)5;/h6-9,20H,10-14H2,1-5H3,(H-,19,22);1H. The lowest BCUT2D eigenvalue weighted by molar-refractivity contribution is -0.873. The highest BCUT2D eigenvalue weighted by Crippen LogP contribution is 2.27. The number of carbonyl (C=O) groups is 1. The van der Waals surface area contributed by atoms with E-state index in [1.807, 2.05) is 0 Å². The number of hydrogen-bond donors (Lipinski definition) is 2. The minimum absolute atomic E-state index is 0. The SMILES string of the molecule is CC(C)(CCC(N)=O)Cc1ccc(CNC[N+](C)(C)C)cc1.[I-]. The van der Waals surface area contributed by atoms with Gasteiger partial charge >= 0.3 is 0 Å². The van der Waals surface area contributed by atoms with Gasteiger partial charge in [0, 0.05) is 13.0 Å². The number of halogens is 1. The Kier molecular flexibility index (Phi) is 9.32. The first-order chi connectivity index (χ1) is 10.1. The number of carbonyl (C=O) groups excluding carboxylic acids is 1. The first-order valence-corrected chi connectivity index (χ1v) is 7.95. The fraction of sp³-hybridized carbons (Fsp3) is 0.611. The summed E-state index contributed by atoms with van der Waals surface area (Å²) in [5, 5.41) is 3.46. The van der Waals surface area contributed by atoms with E-state index in [0.717, 1.165) is 30.5 Å². The molecule has 0 radical (unpaired) electrons. The Morgan fingerprint density at radius 3 is 2.13 bits per heavy atom. The molecule has 1 aromatic carbocycles. The van der Waals surface area contributed by atoms with Crippen molar-refractivity contribution in [3.8, 4) is 0 Å². The van der Waals surface area contributed by atoms with Crippen LogP contribution in [0.3, 0.4) is 0 Å². The molecule has 1 aromatic rings. The molecule has 0 aliphatic carbocycles. The molecule has 0 heterocycles. The zero-order valence-corrected chi connectivity index (χ0v) is 17.3. The van der Waals surface area contributed by atoms with E-state index in [4.69, 9.17) is 5.73 Å². The van der Waals surface area contributed by atoms with E-state index in [9.17, 15) is 4.79 Å². The fourth-order valence-corrected chi connectivity index (χ4v) is 2.41. The maximum atomic E-state index is 10.9. The van der Waals surface area contributed by atoms with E-state index in [1.54, 1.807) is 0 Å². The maximum Gasteiger partial charge on any atom is 0.217 e. The zero-order chi connectivity index (χ0) is 16.8. The van der Waals surface area contributed by atoms with Crippen molar-refractivity contribution in [3.63, 3.8) is 0 Å². The van der Waals surface area contributed by atoms with Crippen LogP contribution < -0.4 is 35.0 Å². The molecule has 0 fully saturated rings. The smallest absolute Gasteiger partial charge is 0.217 e. The van der Waals surface area contributed by atoms with Crippen molar-refractivity contribution in [2.45, 2.75) is 39.7 Å². The third-order valence-electron chi connectivity index (χ3n) is 3.67. The third kappa shape index (κ3) is 10.7. The Labute approximate surface area is 158 Å². The molecule has 0 aliphatic rings. The topological polar surface area (TPSA) is 55.1 Å². The van der Waals surface area contributed by atoms with Gasteiger partial charge in [0.25, 0.3) is 0 Å². The summed E-state index contributed by atoms with van der Waals surface area (Å²) in [6.45, 7) is 6.21. The summed E-state index contributed by atoms with van der Waals surface area (Å²) >= 11 is 0. The number of nitrogens with zero attached hydrogens (tertiary/aromatic N) is 1. The van der Waals surface area contributed by atoms with E-state index >= 15 is 0 Å². The maximum absolute atomic E-state index is 10.9. The van der Waals surface area contributed by atoms with Crippen molar-refractivity contribution in [2.75, 3.05) is 27.8 Å². The van der Waals surface area contributed by atoms with Crippen molar-refractivity contribution >= 4 is 5.91 Å². The Morgan fingerprint density at radius 2 is 1.65 bits per heavy atom. The molecule has 0 aromatic heterocycles. The fourth-order valence-electron chi connectivity index (χ4n) is 2.41. The Morgan fingerprint density at radius 1 is 1.13 bits per heavy atom. The molecular formula is C18H32IN3O. The van der Waals surface area contributed by atoms with Gasteiger partial charge in [-0.25, -0.2) is 0 Å². The summed E-state index contributed by atoms with van der Waals surface area (Å²) in [5.41, 5.74) is 7.95. The zero-order valence-electron chi connectivity index (χ0n) is 15.2. The number of benzene rings is 1. The van der Waals surface area contributed by atoms with Gasteiger partial charge in [0.05, 0.1) is 21.1 Å². The number of nitrogens with one attached hydrogen (secondary N) is 1. The van der Waals surface area contributed by atoms with Crippen LogP contribution in [0.25, 0.3) is 0 Å². The van der Waals surface area contributed by atoms with Crippen LogP contribution in [0.15, 0.2) is 24.3 Å². The van der Waals surface area contributed by atoms with Crippen LogP contribution in [0.4, 0.5) is 0 Å². The Balaban J connectivity index is 0.00000484. The first kappa shape index (κ1) is 22.3. The van der Waals surface area contributed by atoms with Crippen molar-refractivity contribution in [1.29, 1.82) is 0 Å². The Hall–Kier alpha value is -0.660. The number of amides is 1. The summed E-state index contributed by atoms with van der Waals surface area (Å²) < 4.78 is 0.909. The van der Waals surface area contributed by atoms with Crippen molar-refractivity contribution in [1.82, 2.24) is 5.32 Å². The number of rotatable bonds is 9. The Bertz CT molecular complexity index is 478. The summed E-state index contributed by atoms with van der Waals surface area (Å²) in [4.78, 5) is 10.9. The highest BCUT2D eigenvalue weighted by molar-refractivity contribution is 5.73. The van der Waals surface area contributed by atoms with Gasteiger partial charge < -0.3 is 34.2 Å². The van der Waals surface area contributed by atoms with Crippen LogP contribution in [-0.2, 0) is 17.8 Å². The molecule has 23 heavy (non-hydrogen) atoms. The van der Waals surface area contributed by atoms with Gasteiger partial charge in [0.2, 0.25) is 5.91 Å². The normalized spacial score (nSPS) is 11.9. The van der Waals surface area contributed by atoms with Gasteiger partial charge in [-0.05, 0) is 29.4 Å². The van der Waals surface area contributed by atoms with E-state index in [1.165, 1.54) is 11.1 Å². The van der Waals surface area contributed by atoms with E-state index < -0.39 is 0 Å². The molecule has 1 rings (SSSR count). The van der Waals surface area contributed by atoms with Crippen molar-refractivity contribution < 1.29 is 33.3 Å². The number of hydrogen-bond acceptors (Lipinski definition) is 2. The average Bonchev–Trinajstić information content (AvgIpc) is 2.37. The van der Waals surface area contributed by atoms with Crippen LogP contribution in [0.1, 0.15) is 37.8 Å². The third-order valence-corrected chi connectivity index (χ3v) is 3.67. The quantitative estimate of drug-likeness (QED) is 0.307. The van der Waals surface area contributed by atoms with Gasteiger partial charge in [0.15, 0.2) is 0 Å². The molecule has 1 amide bonds. The lowest BCUT2D eigenvalue weighted by atomic mass is 9.81. The molecular weight excluding hydrogens is 401 g/mol. The van der Waals surface area contributed by atoms with Crippen LogP contribution >= 0.6 is 0 Å². The molecule has 5 heteroatoms. The molecule has 132 valence electrons. The summed E-state index contributed by atoms with van der Waals surface area (Å²) in [6, 6.07) is 8.74. The van der Waals surface area contributed by atoms with E-state index in [-0.39, 0.29) is 35.3 Å². The summed E-state index contributed by atoms with van der Waals surface area (Å²) in [6.07, 6.45) is 2.25. The van der Waals surface area contributed by atoms with E-state index in [2.05, 4.69) is 64.6 Å². The van der Waals surface area contributed by atoms with Crippen LogP contribution in [-0.4, -0.2) is 38.2 Å². The monoisotopic (exact) mass is 433 g/mol. The molecule has 3 N–H and O–H groups in total. The molecule has 0 spiro atoms. The largest absolute Gasteiger partial charge is 1.00 e. The number of primary amides is 1. The van der Waals surface area contributed by atoms with Crippen LogP contribution in [0.2, 0.25) is 0 Å². The van der Waals surface area contributed by atoms with Gasteiger partial charge in [0.1, 0.15) is 6.67 Å². The van der Waals surface area contributed by atoms with Crippen LogP contribution in [0, 0.1) is 5.41 Å². The predicted molar refractivity (Wildman–Crippen MR) is 92.1 cm³/mol. The predicted octanol–water partition coefficient (Wildman–Crippen LogP) is -0.722. The molecule has 0 bridgehead atoms. The lowest BCUT2D eigenvalue weighted by Gasteiger charge is -2.25. The molecule has 0 saturated carbocycles.